The van der Waals surface area contributed by atoms with Crippen molar-refractivity contribution in [2.75, 3.05) is 0 Å². The normalized spacial score (nSPS) is 17.2. The molecule has 1 aliphatic rings. The van der Waals surface area contributed by atoms with E-state index in [0.29, 0.717) is 21.5 Å². The van der Waals surface area contributed by atoms with E-state index in [9.17, 15) is 5.26 Å². The highest BCUT2D eigenvalue weighted by atomic mass is 35.5. The fraction of sp³-hybridized carbons (Fsp3) is 0.294. The Labute approximate surface area is 150 Å². The van der Waals surface area contributed by atoms with Gasteiger partial charge in [-0.05, 0) is 17.7 Å². The number of nitrogens with two attached hydrogens (primary N) is 1. The average molecular weight is 363 g/mol. The first-order valence-corrected chi connectivity index (χ1v) is 8.11. The monoisotopic (exact) mass is 362 g/mol. The van der Waals surface area contributed by atoms with Crippen LogP contribution in [0.15, 0.2) is 29.7 Å². The highest BCUT2D eigenvalue weighted by molar-refractivity contribution is 6.42. The predicted molar refractivity (Wildman–Crippen MR) is 93.0 cm³/mol. The third kappa shape index (κ3) is 2.62. The Morgan fingerprint density at radius 1 is 1.29 bits per heavy atom. The zero-order valence-corrected chi connectivity index (χ0v) is 15.0. The summed E-state index contributed by atoms with van der Waals surface area (Å²) in [6.07, 6.45) is 0. The van der Waals surface area contributed by atoms with Crippen LogP contribution < -0.4 is 10.5 Å². The number of nitriles is 1. The average Bonchev–Trinajstić information content (AvgIpc) is 2.92. The molecule has 7 heteroatoms. The lowest BCUT2D eigenvalue weighted by Crippen LogP contribution is -2.23. The summed E-state index contributed by atoms with van der Waals surface area (Å²) in [5.41, 5.74) is 8.54. The predicted octanol–water partition coefficient (Wildman–Crippen LogP) is 4.23. The largest absolute Gasteiger partial charge is 0.420 e. The van der Waals surface area contributed by atoms with Gasteiger partial charge in [-0.2, -0.15) is 5.26 Å². The van der Waals surface area contributed by atoms with Crippen LogP contribution in [0, 0.1) is 11.3 Å². The van der Waals surface area contributed by atoms with Crippen LogP contribution in [0.25, 0.3) is 0 Å². The first-order valence-electron chi connectivity index (χ1n) is 7.35. The van der Waals surface area contributed by atoms with Crippen LogP contribution in [0.1, 0.15) is 43.5 Å². The third-order valence-electron chi connectivity index (χ3n) is 3.97. The molecule has 0 aliphatic carbocycles. The summed E-state index contributed by atoms with van der Waals surface area (Å²) in [4.78, 5) is 0. The molecule has 0 spiro atoms. The van der Waals surface area contributed by atoms with Crippen LogP contribution in [0.4, 0.5) is 0 Å². The molecule has 0 saturated carbocycles. The van der Waals surface area contributed by atoms with E-state index < -0.39 is 5.92 Å². The van der Waals surface area contributed by atoms with Crippen molar-refractivity contribution in [2.45, 2.75) is 32.1 Å². The lowest BCUT2D eigenvalue weighted by atomic mass is 9.79. The van der Waals surface area contributed by atoms with Gasteiger partial charge >= 0.3 is 0 Å². The minimum Gasteiger partial charge on any atom is -0.420 e. The first-order chi connectivity index (χ1) is 11.2. The van der Waals surface area contributed by atoms with E-state index in [4.69, 9.17) is 33.7 Å². The van der Waals surface area contributed by atoms with Gasteiger partial charge in [0.05, 0.1) is 21.5 Å². The molecule has 0 bridgehead atoms. The number of benzene rings is 1. The van der Waals surface area contributed by atoms with Gasteiger partial charge in [0.15, 0.2) is 0 Å². The second-order valence-corrected chi connectivity index (χ2v) is 7.48. The zero-order chi connectivity index (χ0) is 17.6. The fourth-order valence-corrected chi connectivity index (χ4v) is 3.15. The molecule has 24 heavy (non-hydrogen) atoms. The second kappa shape index (κ2) is 5.73. The van der Waals surface area contributed by atoms with E-state index in [1.54, 1.807) is 12.1 Å². The molecule has 5 nitrogen and oxygen atoms in total. The molecule has 2 heterocycles. The second-order valence-electron chi connectivity index (χ2n) is 6.67. The quantitative estimate of drug-likeness (QED) is 0.794. The zero-order valence-electron chi connectivity index (χ0n) is 13.4. The number of hydrogen-bond donors (Lipinski definition) is 2. The van der Waals surface area contributed by atoms with Crippen molar-refractivity contribution < 1.29 is 4.74 Å². The Bertz CT molecular complexity index is 887. The van der Waals surface area contributed by atoms with E-state index in [-0.39, 0.29) is 11.3 Å². The van der Waals surface area contributed by atoms with Crippen molar-refractivity contribution in [3.63, 3.8) is 0 Å². The summed E-state index contributed by atoms with van der Waals surface area (Å²) in [5.74, 6) is 0.0158. The minimum absolute atomic E-state index is 0.0491. The topological polar surface area (TPSA) is 87.7 Å². The van der Waals surface area contributed by atoms with Crippen LogP contribution in [-0.4, -0.2) is 10.2 Å². The first kappa shape index (κ1) is 16.7. The van der Waals surface area contributed by atoms with Gasteiger partial charge in [-0.3, -0.25) is 5.10 Å². The van der Waals surface area contributed by atoms with Gasteiger partial charge in [-0.25, -0.2) is 0 Å². The van der Waals surface area contributed by atoms with E-state index >= 15 is 0 Å². The number of fused-ring (bicyclic) bond motifs is 1. The van der Waals surface area contributed by atoms with Crippen LogP contribution in [0.5, 0.6) is 5.88 Å². The molecule has 1 aliphatic heterocycles. The Kier molecular flexibility index (Phi) is 3.98. The Morgan fingerprint density at radius 3 is 2.58 bits per heavy atom. The van der Waals surface area contributed by atoms with Gasteiger partial charge in [-0.1, -0.05) is 50.0 Å². The number of aromatic nitrogens is 2. The van der Waals surface area contributed by atoms with Crippen molar-refractivity contribution in [1.82, 2.24) is 10.2 Å². The van der Waals surface area contributed by atoms with E-state index in [2.05, 4.69) is 37.0 Å². The van der Waals surface area contributed by atoms with Gasteiger partial charge in [0.25, 0.3) is 0 Å². The van der Waals surface area contributed by atoms with Crippen molar-refractivity contribution in [1.29, 1.82) is 5.26 Å². The number of allylic oxidation sites excluding steroid dienone is 1. The molecule has 1 atom stereocenters. The number of H-pyrrole nitrogens is 1. The van der Waals surface area contributed by atoms with Gasteiger partial charge in [0.2, 0.25) is 11.8 Å². The maximum atomic E-state index is 9.62. The number of ether oxygens (including phenoxy) is 1. The van der Waals surface area contributed by atoms with Gasteiger partial charge in [-0.15, -0.1) is 5.10 Å². The Morgan fingerprint density at radius 2 is 2.00 bits per heavy atom. The molecule has 0 radical (unpaired) electrons. The van der Waals surface area contributed by atoms with Crippen molar-refractivity contribution in [2.24, 2.45) is 5.73 Å². The molecule has 124 valence electrons. The van der Waals surface area contributed by atoms with Crippen LogP contribution >= 0.6 is 23.2 Å². The van der Waals surface area contributed by atoms with Crippen LogP contribution in [-0.2, 0) is 5.41 Å². The molecular formula is C17H16Cl2N4O. The Hall–Kier alpha value is -2.16. The maximum absolute atomic E-state index is 9.62. The highest BCUT2D eigenvalue weighted by Crippen LogP contribution is 2.46. The number of nitrogens with zero attached hydrogens (tertiary/aromatic N) is 2. The number of hydrogen-bond acceptors (Lipinski definition) is 4. The highest BCUT2D eigenvalue weighted by Gasteiger charge is 2.38. The fourth-order valence-electron chi connectivity index (χ4n) is 2.84. The summed E-state index contributed by atoms with van der Waals surface area (Å²) in [5, 5.41) is 17.7. The molecule has 3 rings (SSSR count). The number of nitrogens with one attached hydrogen (secondary N) is 1. The number of rotatable bonds is 1. The molecule has 3 N–H and O–H groups in total. The lowest BCUT2D eigenvalue weighted by molar-refractivity contribution is 0.378. The number of halogens is 2. The number of aromatic amines is 1. The van der Waals surface area contributed by atoms with Crippen molar-refractivity contribution in [3.8, 4) is 11.9 Å². The minimum atomic E-state index is -0.415. The SMILES string of the molecule is CC(C)(C)c1[nH]nc2c1[C@H](c1ccc(Cl)c(Cl)c1)C(C#N)=C(N)O2. The van der Waals surface area contributed by atoms with Crippen LogP contribution in [0.2, 0.25) is 10.0 Å². The van der Waals surface area contributed by atoms with E-state index in [1.807, 2.05) is 6.07 Å². The van der Waals surface area contributed by atoms with E-state index in [1.165, 1.54) is 0 Å². The molecule has 1 aromatic heterocycles. The summed E-state index contributed by atoms with van der Waals surface area (Å²) in [6, 6.07) is 7.44. The third-order valence-corrected chi connectivity index (χ3v) is 4.70. The molecule has 0 saturated heterocycles. The van der Waals surface area contributed by atoms with Gasteiger partial charge in [0.1, 0.15) is 11.6 Å². The molecule has 0 unspecified atom stereocenters. The molecule has 1 aromatic carbocycles. The smallest absolute Gasteiger partial charge is 0.244 e. The summed E-state index contributed by atoms with van der Waals surface area (Å²) < 4.78 is 5.55. The van der Waals surface area contributed by atoms with Crippen LogP contribution in [0.3, 0.4) is 0 Å². The van der Waals surface area contributed by atoms with Gasteiger partial charge < -0.3 is 10.5 Å². The summed E-state index contributed by atoms with van der Waals surface area (Å²) >= 11 is 12.2. The standard InChI is InChI=1S/C17H16Cl2N4O/c1-17(2,3)14-13-12(8-4-5-10(18)11(19)6-8)9(7-20)15(21)24-16(13)23-22-14/h4-6,12H,21H2,1-3H3,(H,22,23)/t12-/m1/s1. The molecule has 2 aromatic rings. The lowest BCUT2D eigenvalue weighted by Gasteiger charge is -2.27. The van der Waals surface area contributed by atoms with Crippen molar-refractivity contribution >= 4 is 23.2 Å². The summed E-state index contributed by atoms with van der Waals surface area (Å²) in [6.45, 7) is 6.17. The van der Waals surface area contributed by atoms with Crippen molar-refractivity contribution in [3.05, 3.63) is 56.5 Å². The molecular weight excluding hydrogens is 347 g/mol. The van der Waals surface area contributed by atoms with E-state index in [0.717, 1.165) is 16.8 Å². The molecule has 0 amide bonds. The maximum Gasteiger partial charge on any atom is 0.244 e. The van der Waals surface area contributed by atoms with Gasteiger partial charge in [0, 0.05) is 11.1 Å². The molecule has 0 fully saturated rings. The Balaban J connectivity index is 2.28. The summed E-state index contributed by atoms with van der Waals surface area (Å²) in [7, 11) is 0.